The minimum absolute atomic E-state index is 0.0767. The molecular formula is C7H14N2O. The fraction of sp³-hybridized carbons (Fsp3) is 0.857. The molecule has 3 nitrogen and oxygen atoms in total. The van der Waals surface area contributed by atoms with Crippen molar-refractivity contribution in [2.24, 2.45) is 11.7 Å². The third kappa shape index (κ3) is 1.70. The largest absolute Gasteiger partial charge is 0.352 e. The predicted molar refractivity (Wildman–Crippen MR) is 39.4 cm³/mol. The van der Waals surface area contributed by atoms with Crippen molar-refractivity contribution in [2.45, 2.75) is 32.4 Å². The fourth-order valence-corrected chi connectivity index (χ4v) is 0.730. The molecule has 1 rings (SSSR count). The van der Waals surface area contributed by atoms with E-state index in [4.69, 9.17) is 5.73 Å². The summed E-state index contributed by atoms with van der Waals surface area (Å²) in [4.78, 5) is 11.0. The van der Waals surface area contributed by atoms with Crippen molar-refractivity contribution in [3.63, 3.8) is 0 Å². The second-order valence-corrected chi connectivity index (χ2v) is 3.17. The maximum Gasteiger partial charge on any atom is 0.222 e. The van der Waals surface area contributed by atoms with E-state index < -0.39 is 0 Å². The van der Waals surface area contributed by atoms with E-state index in [2.05, 4.69) is 5.32 Å². The van der Waals surface area contributed by atoms with Crippen LogP contribution in [0.2, 0.25) is 0 Å². The van der Waals surface area contributed by atoms with Crippen molar-refractivity contribution in [1.29, 1.82) is 0 Å². The van der Waals surface area contributed by atoms with Gasteiger partial charge in [0.2, 0.25) is 5.91 Å². The Labute approximate surface area is 61.0 Å². The van der Waals surface area contributed by atoms with E-state index in [1.54, 1.807) is 0 Å². The van der Waals surface area contributed by atoms with Gasteiger partial charge in [-0.15, -0.1) is 0 Å². The van der Waals surface area contributed by atoms with Crippen LogP contribution in [0.25, 0.3) is 0 Å². The summed E-state index contributed by atoms with van der Waals surface area (Å²) in [6, 6.07) is 0.470. The number of nitrogens with two attached hydrogens (primary N) is 1. The van der Waals surface area contributed by atoms with E-state index in [-0.39, 0.29) is 23.9 Å². The zero-order valence-electron chi connectivity index (χ0n) is 6.42. The maximum absolute atomic E-state index is 11.0. The first-order valence-corrected chi connectivity index (χ1v) is 3.67. The van der Waals surface area contributed by atoms with Crippen LogP contribution in [0.5, 0.6) is 0 Å². The molecule has 10 heavy (non-hydrogen) atoms. The van der Waals surface area contributed by atoms with Gasteiger partial charge in [-0.1, -0.05) is 13.8 Å². The van der Waals surface area contributed by atoms with E-state index >= 15 is 0 Å². The topological polar surface area (TPSA) is 55.1 Å². The number of hydrogen-bond acceptors (Lipinski definition) is 2. The van der Waals surface area contributed by atoms with Crippen molar-refractivity contribution in [2.75, 3.05) is 0 Å². The highest BCUT2D eigenvalue weighted by molar-refractivity contribution is 5.78. The molecule has 0 aromatic heterocycles. The van der Waals surface area contributed by atoms with Crippen molar-refractivity contribution in [3.8, 4) is 0 Å². The Kier molecular flexibility index (Phi) is 1.94. The number of carbonyl (C=O) groups is 1. The zero-order valence-corrected chi connectivity index (χ0v) is 6.42. The molecule has 0 aliphatic heterocycles. The molecule has 0 bridgehead atoms. The molecule has 1 aliphatic carbocycles. The monoisotopic (exact) mass is 142 g/mol. The average molecular weight is 142 g/mol. The number of amides is 1. The third-order valence-corrected chi connectivity index (χ3v) is 1.69. The molecule has 0 aromatic carbocycles. The van der Waals surface area contributed by atoms with Gasteiger partial charge in [-0.05, 0) is 6.42 Å². The van der Waals surface area contributed by atoms with Crippen LogP contribution in [0.3, 0.4) is 0 Å². The number of hydrogen-bond donors (Lipinski definition) is 2. The average Bonchev–Trinajstić information content (AvgIpc) is 2.46. The fourth-order valence-electron chi connectivity index (χ4n) is 0.730. The molecule has 0 heterocycles. The van der Waals surface area contributed by atoms with Gasteiger partial charge in [0.15, 0.2) is 0 Å². The molecule has 2 atom stereocenters. The third-order valence-electron chi connectivity index (χ3n) is 1.69. The van der Waals surface area contributed by atoms with E-state index in [0.717, 1.165) is 6.42 Å². The van der Waals surface area contributed by atoms with Crippen molar-refractivity contribution in [1.82, 2.24) is 5.32 Å². The first-order chi connectivity index (χ1) is 4.61. The van der Waals surface area contributed by atoms with Gasteiger partial charge in [0.25, 0.3) is 0 Å². The summed E-state index contributed by atoms with van der Waals surface area (Å²) in [5.41, 5.74) is 5.50. The van der Waals surface area contributed by atoms with Crippen molar-refractivity contribution < 1.29 is 4.79 Å². The van der Waals surface area contributed by atoms with Gasteiger partial charge < -0.3 is 11.1 Å². The smallest absolute Gasteiger partial charge is 0.222 e. The van der Waals surface area contributed by atoms with Crippen LogP contribution in [0.15, 0.2) is 0 Å². The van der Waals surface area contributed by atoms with E-state index in [9.17, 15) is 4.79 Å². The van der Waals surface area contributed by atoms with Crippen LogP contribution in [0, 0.1) is 5.92 Å². The molecule has 0 aromatic rings. The lowest BCUT2D eigenvalue weighted by Crippen LogP contribution is -2.32. The second kappa shape index (κ2) is 2.58. The summed E-state index contributed by atoms with van der Waals surface area (Å²) in [5.74, 6) is 0.186. The summed E-state index contributed by atoms with van der Waals surface area (Å²) in [6.45, 7) is 3.76. The van der Waals surface area contributed by atoms with Crippen LogP contribution in [-0.2, 0) is 4.79 Å². The summed E-state index contributed by atoms with van der Waals surface area (Å²) in [5, 5.41) is 2.84. The maximum atomic E-state index is 11.0. The minimum atomic E-state index is 0.0767. The molecule has 0 radical (unpaired) electrons. The summed E-state index contributed by atoms with van der Waals surface area (Å²) in [7, 11) is 0. The summed E-state index contributed by atoms with van der Waals surface area (Å²) in [6.07, 6.45) is 0.943. The van der Waals surface area contributed by atoms with Gasteiger partial charge in [0.1, 0.15) is 0 Å². The standard InChI is InChI=1S/C7H14N2O/c1-4(2)7(10)9-6-3-5(6)8/h4-6H,3,8H2,1-2H3,(H,9,10)/t5-,6-/m1/s1. The Morgan fingerprint density at radius 3 is 2.50 bits per heavy atom. The predicted octanol–water partition coefficient (Wildman–Crippen LogP) is -0.142. The van der Waals surface area contributed by atoms with Gasteiger partial charge in [0, 0.05) is 18.0 Å². The Balaban J connectivity index is 2.20. The Morgan fingerprint density at radius 1 is 1.70 bits per heavy atom. The van der Waals surface area contributed by atoms with Gasteiger partial charge in [-0.3, -0.25) is 4.79 Å². The quantitative estimate of drug-likeness (QED) is 0.563. The number of carbonyl (C=O) groups excluding carboxylic acids is 1. The lowest BCUT2D eigenvalue weighted by Gasteiger charge is -2.04. The molecule has 58 valence electrons. The minimum Gasteiger partial charge on any atom is -0.352 e. The van der Waals surface area contributed by atoms with Gasteiger partial charge in [0.05, 0.1) is 0 Å². The van der Waals surface area contributed by atoms with Gasteiger partial charge in [-0.25, -0.2) is 0 Å². The highest BCUT2D eigenvalue weighted by Gasteiger charge is 2.34. The first-order valence-electron chi connectivity index (χ1n) is 3.67. The molecule has 0 spiro atoms. The molecule has 0 unspecified atom stereocenters. The van der Waals surface area contributed by atoms with Gasteiger partial charge >= 0.3 is 0 Å². The lowest BCUT2D eigenvalue weighted by atomic mass is 10.2. The van der Waals surface area contributed by atoms with Crippen molar-refractivity contribution in [3.05, 3.63) is 0 Å². The highest BCUT2D eigenvalue weighted by atomic mass is 16.1. The molecule has 1 fully saturated rings. The van der Waals surface area contributed by atoms with E-state index in [0.29, 0.717) is 0 Å². The molecule has 0 saturated heterocycles. The number of nitrogens with one attached hydrogen (secondary N) is 1. The van der Waals surface area contributed by atoms with E-state index in [1.807, 2.05) is 13.8 Å². The normalized spacial score (nSPS) is 30.4. The first kappa shape index (κ1) is 7.54. The summed E-state index contributed by atoms with van der Waals surface area (Å²) >= 11 is 0. The molecule has 3 heteroatoms. The zero-order chi connectivity index (χ0) is 7.72. The van der Waals surface area contributed by atoms with Crippen LogP contribution < -0.4 is 11.1 Å². The number of rotatable bonds is 2. The SMILES string of the molecule is CC(C)C(=O)N[C@@H]1C[C@H]1N. The Hall–Kier alpha value is -0.570. The lowest BCUT2D eigenvalue weighted by molar-refractivity contribution is -0.124. The van der Waals surface area contributed by atoms with E-state index in [1.165, 1.54) is 0 Å². The summed E-state index contributed by atoms with van der Waals surface area (Å²) < 4.78 is 0. The van der Waals surface area contributed by atoms with Crippen LogP contribution in [-0.4, -0.2) is 18.0 Å². The second-order valence-electron chi connectivity index (χ2n) is 3.17. The van der Waals surface area contributed by atoms with Crippen LogP contribution in [0.1, 0.15) is 20.3 Å². The molecule has 1 aliphatic rings. The highest BCUT2D eigenvalue weighted by Crippen LogP contribution is 2.17. The van der Waals surface area contributed by atoms with Crippen molar-refractivity contribution >= 4 is 5.91 Å². The molecule has 3 N–H and O–H groups in total. The molecular weight excluding hydrogens is 128 g/mol. The van der Waals surface area contributed by atoms with Crippen LogP contribution >= 0.6 is 0 Å². The molecule has 1 saturated carbocycles. The Bertz CT molecular complexity index is 145. The van der Waals surface area contributed by atoms with Gasteiger partial charge in [-0.2, -0.15) is 0 Å². The van der Waals surface area contributed by atoms with Crippen LogP contribution in [0.4, 0.5) is 0 Å². The Morgan fingerprint density at radius 2 is 2.20 bits per heavy atom. The molecule has 1 amide bonds.